The molecule has 0 spiro atoms. The maximum absolute atomic E-state index is 5.93. The fraction of sp³-hybridized carbons (Fsp3) is 0.765. The van der Waals surface area contributed by atoms with Gasteiger partial charge in [-0.2, -0.15) is 0 Å². The second kappa shape index (κ2) is 8.16. The van der Waals surface area contributed by atoms with Crippen molar-refractivity contribution in [3.05, 3.63) is 21.4 Å². The first-order valence-electron chi connectivity index (χ1n) is 8.01. The lowest BCUT2D eigenvalue weighted by atomic mass is 10.1. The SMILES string of the molecule is Cc1sc(CNCC(C)C)cc1COCC1CCCC1. The summed E-state index contributed by atoms with van der Waals surface area (Å²) in [5.41, 5.74) is 1.38. The first-order chi connectivity index (χ1) is 9.65. The molecule has 1 fully saturated rings. The maximum atomic E-state index is 5.93. The molecule has 1 aliphatic carbocycles. The van der Waals surface area contributed by atoms with Crippen LogP contribution in [0, 0.1) is 18.8 Å². The summed E-state index contributed by atoms with van der Waals surface area (Å²) < 4.78 is 5.93. The second-order valence-corrected chi connectivity index (χ2v) is 7.83. The van der Waals surface area contributed by atoms with E-state index in [9.17, 15) is 0 Å². The van der Waals surface area contributed by atoms with Crippen LogP contribution in [0.1, 0.15) is 54.8 Å². The Hall–Kier alpha value is -0.380. The Morgan fingerprint density at radius 3 is 2.80 bits per heavy atom. The van der Waals surface area contributed by atoms with Gasteiger partial charge in [0.25, 0.3) is 0 Å². The van der Waals surface area contributed by atoms with E-state index in [2.05, 4.69) is 32.2 Å². The molecule has 2 rings (SSSR count). The number of hydrogen-bond acceptors (Lipinski definition) is 3. The van der Waals surface area contributed by atoms with Crippen LogP contribution in [0.4, 0.5) is 0 Å². The normalized spacial score (nSPS) is 16.4. The summed E-state index contributed by atoms with van der Waals surface area (Å²) >= 11 is 1.91. The molecule has 0 aliphatic heterocycles. The fourth-order valence-corrected chi connectivity index (χ4v) is 3.83. The molecule has 1 N–H and O–H groups in total. The van der Waals surface area contributed by atoms with Gasteiger partial charge in [0.05, 0.1) is 6.61 Å². The van der Waals surface area contributed by atoms with Crippen LogP contribution in [0.5, 0.6) is 0 Å². The molecule has 0 amide bonds. The van der Waals surface area contributed by atoms with Crippen molar-refractivity contribution in [3.8, 4) is 0 Å². The average molecular weight is 295 g/mol. The Balaban J connectivity index is 1.72. The van der Waals surface area contributed by atoms with Gasteiger partial charge >= 0.3 is 0 Å². The van der Waals surface area contributed by atoms with Crippen LogP contribution in [0.2, 0.25) is 0 Å². The number of hydrogen-bond donors (Lipinski definition) is 1. The van der Waals surface area contributed by atoms with Crippen LogP contribution in [0.15, 0.2) is 6.07 Å². The van der Waals surface area contributed by atoms with Crippen LogP contribution < -0.4 is 5.32 Å². The van der Waals surface area contributed by atoms with E-state index in [1.165, 1.54) is 41.0 Å². The van der Waals surface area contributed by atoms with Crippen LogP contribution in [0.3, 0.4) is 0 Å². The highest BCUT2D eigenvalue weighted by atomic mass is 32.1. The molecular weight excluding hydrogens is 266 g/mol. The number of thiophene rings is 1. The zero-order valence-electron chi connectivity index (χ0n) is 13.2. The molecule has 2 nitrogen and oxygen atoms in total. The number of aryl methyl sites for hydroxylation is 1. The molecule has 0 atom stereocenters. The van der Waals surface area contributed by atoms with Crippen LogP contribution in [-0.2, 0) is 17.9 Å². The highest BCUT2D eigenvalue weighted by molar-refractivity contribution is 7.12. The lowest BCUT2D eigenvalue weighted by Gasteiger charge is -2.09. The summed E-state index contributed by atoms with van der Waals surface area (Å²) in [5.74, 6) is 1.53. The molecule has 0 aromatic carbocycles. The molecule has 114 valence electrons. The van der Waals surface area contributed by atoms with E-state index >= 15 is 0 Å². The third kappa shape index (κ3) is 5.19. The molecule has 1 aromatic rings. The highest BCUT2D eigenvalue weighted by Crippen LogP contribution is 2.26. The van der Waals surface area contributed by atoms with Gasteiger partial charge in [0.15, 0.2) is 0 Å². The van der Waals surface area contributed by atoms with Crippen molar-refractivity contribution in [2.24, 2.45) is 11.8 Å². The minimum atomic E-state index is 0.713. The third-order valence-corrected chi connectivity index (χ3v) is 5.10. The Bertz CT molecular complexity index is 394. The van der Waals surface area contributed by atoms with Crippen LogP contribution >= 0.6 is 11.3 Å². The molecule has 0 saturated heterocycles. The maximum Gasteiger partial charge on any atom is 0.0727 e. The zero-order valence-corrected chi connectivity index (χ0v) is 14.0. The standard InChI is InChI=1S/C17H29NOS/c1-13(2)9-18-10-17-8-16(14(3)20-17)12-19-11-15-6-4-5-7-15/h8,13,15,18H,4-7,9-12H2,1-3H3. The van der Waals surface area contributed by atoms with E-state index in [1.54, 1.807) is 0 Å². The molecule has 20 heavy (non-hydrogen) atoms. The number of rotatable bonds is 8. The first-order valence-corrected chi connectivity index (χ1v) is 8.83. The minimum Gasteiger partial charge on any atom is -0.376 e. The van der Waals surface area contributed by atoms with Gasteiger partial charge in [0.2, 0.25) is 0 Å². The summed E-state index contributed by atoms with van der Waals surface area (Å²) in [5, 5.41) is 3.51. The van der Waals surface area contributed by atoms with Gasteiger partial charge in [-0.15, -0.1) is 11.3 Å². The molecule has 0 radical (unpaired) electrons. The van der Waals surface area contributed by atoms with Gasteiger partial charge in [-0.05, 0) is 49.8 Å². The predicted octanol–water partition coefficient (Wildman–Crippen LogP) is 4.51. The summed E-state index contributed by atoms with van der Waals surface area (Å²) in [6.07, 6.45) is 5.54. The van der Waals surface area contributed by atoms with Crippen molar-refractivity contribution in [1.29, 1.82) is 0 Å². The van der Waals surface area contributed by atoms with Crippen molar-refractivity contribution < 1.29 is 4.74 Å². The molecule has 1 saturated carbocycles. The van der Waals surface area contributed by atoms with Crippen LogP contribution in [0.25, 0.3) is 0 Å². The Kier molecular flexibility index (Phi) is 6.53. The fourth-order valence-electron chi connectivity index (χ4n) is 2.81. The van der Waals surface area contributed by atoms with Gasteiger partial charge in [-0.3, -0.25) is 0 Å². The lowest BCUT2D eigenvalue weighted by molar-refractivity contribution is 0.0888. The molecule has 0 unspecified atom stereocenters. The Labute approximate surface area is 127 Å². The Morgan fingerprint density at radius 1 is 1.35 bits per heavy atom. The van der Waals surface area contributed by atoms with E-state index in [0.717, 1.165) is 32.2 Å². The molecule has 1 aromatic heterocycles. The van der Waals surface area contributed by atoms with Crippen molar-refractivity contribution in [2.75, 3.05) is 13.2 Å². The van der Waals surface area contributed by atoms with Crippen LogP contribution in [-0.4, -0.2) is 13.2 Å². The average Bonchev–Trinajstić information content (AvgIpc) is 3.00. The first kappa shape index (κ1) is 16.0. The summed E-state index contributed by atoms with van der Waals surface area (Å²) in [7, 11) is 0. The van der Waals surface area contributed by atoms with E-state index < -0.39 is 0 Å². The molecule has 0 bridgehead atoms. The van der Waals surface area contributed by atoms with Crippen molar-refractivity contribution in [3.63, 3.8) is 0 Å². The topological polar surface area (TPSA) is 21.3 Å². The van der Waals surface area contributed by atoms with Gasteiger partial charge in [-0.25, -0.2) is 0 Å². The molecule has 3 heteroatoms. The largest absolute Gasteiger partial charge is 0.376 e. The monoisotopic (exact) mass is 295 g/mol. The van der Waals surface area contributed by atoms with E-state index in [1.807, 2.05) is 11.3 Å². The minimum absolute atomic E-state index is 0.713. The van der Waals surface area contributed by atoms with Gasteiger partial charge in [-0.1, -0.05) is 26.7 Å². The summed E-state index contributed by atoms with van der Waals surface area (Å²) in [6.45, 7) is 10.5. The van der Waals surface area contributed by atoms with E-state index in [4.69, 9.17) is 4.74 Å². The predicted molar refractivity (Wildman–Crippen MR) is 87.2 cm³/mol. The van der Waals surface area contributed by atoms with Gasteiger partial charge in [0, 0.05) is 22.9 Å². The number of ether oxygens (including phenoxy) is 1. The van der Waals surface area contributed by atoms with Crippen molar-refractivity contribution in [1.82, 2.24) is 5.32 Å². The molecule has 1 heterocycles. The highest BCUT2D eigenvalue weighted by Gasteiger charge is 2.15. The quantitative estimate of drug-likeness (QED) is 0.762. The molecular formula is C17H29NOS. The zero-order chi connectivity index (χ0) is 14.4. The van der Waals surface area contributed by atoms with Crippen molar-refractivity contribution in [2.45, 2.75) is 59.6 Å². The van der Waals surface area contributed by atoms with Gasteiger partial charge in [0.1, 0.15) is 0 Å². The number of nitrogens with one attached hydrogen (secondary N) is 1. The Morgan fingerprint density at radius 2 is 2.10 bits per heavy atom. The summed E-state index contributed by atoms with van der Waals surface area (Å²) in [4.78, 5) is 2.85. The second-order valence-electron chi connectivity index (χ2n) is 6.48. The molecule has 1 aliphatic rings. The van der Waals surface area contributed by atoms with Crippen molar-refractivity contribution >= 4 is 11.3 Å². The van der Waals surface area contributed by atoms with E-state index in [-0.39, 0.29) is 0 Å². The lowest BCUT2D eigenvalue weighted by Crippen LogP contribution is -2.18. The third-order valence-electron chi connectivity index (χ3n) is 4.01. The smallest absolute Gasteiger partial charge is 0.0727 e. The summed E-state index contributed by atoms with van der Waals surface area (Å²) in [6, 6.07) is 2.32. The van der Waals surface area contributed by atoms with Gasteiger partial charge < -0.3 is 10.1 Å². The van der Waals surface area contributed by atoms with E-state index in [0.29, 0.717) is 5.92 Å².